The van der Waals surface area contributed by atoms with Crippen LogP contribution in [0.4, 0.5) is 5.69 Å². The van der Waals surface area contributed by atoms with Gasteiger partial charge in [0.25, 0.3) is 0 Å². The first kappa shape index (κ1) is 12.3. The van der Waals surface area contributed by atoms with Gasteiger partial charge >= 0.3 is 0 Å². The summed E-state index contributed by atoms with van der Waals surface area (Å²) in [5, 5.41) is 11.3. The summed E-state index contributed by atoms with van der Waals surface area (Å²) in [5.41, 5.74) is 1.24. The molecule has 2 aliphatic rings. The Bertz CT molecular complexity index is 566. The number of fused-ring (bicyclic) bond motifs is 2. The van der Waals surface area contributed by atoms with Gasteiger partial charge in [-0.25, -0.2) is 4.98 Å². The number of nitrogens with one attached hydrogen (secondary N) is 2. The van der Waals surface area contributed by atoms with Crippen LogP contribution in [-0.2, 0) is 0 Å². The summed E-state index contributed by atoms with van der Waals surface area (Å²) >= 11 is 1.60. The molecule has 0 aliphatic heterocycles. The molecule has 0 amide bonds. The highest BCUT2D eigenvalue weighted by atomic mass is 32.2. The molecule has 4 rings (SSSR count). The summed E-state index contributed by atoms with van der Waals surface area (Å²) in [7, 11) is 0. The minimum Gasteiger partial charge on any atom is -0.382 e. The second-order valence-electron chi connectivity index (χ2n) is 5.84. The monoisotopic (exact) mass is 286 g/mol. The van der Waals surface area contributed by atoms with Crippen LogP contribution in [0.1, 0.15) is 25.7 Å². The lowest BCUT2D eigenvalue weighted by Gasteiger charge is -2.24. The number of nitrogens with zero attached hydrogens (tertiary/aromatic N) is 2. The largest absolute Gasteiger partial charge is 0.382 e. The maximum Gasteiger partial charge on any atom is 0.188 e. The van der Waals surface area contributed by atoms with Gasteiger partial charge in [0.1, 0.15) is 6.33 Å². The SMILES string of the molecule is c1n[nH]c(Sc2ccc(NC3CC4CCC3C4)cc2)n1. The molecule has 2 bridgehead atoms. The van der Waals surface area contributed by atoms with Gasteiger partial charge in [0.2, 0.25) is 0 Å². The van der Waals surface area contributed by atoms with Crippen LogP contribution in [0, 0.1) is 11.8 Å². The number of rotatable bonds is 4. The molecule has 2 aliphatic carbocycles. The molecular weight excluding hydrogens is 268 g/mol. The third kappa shape index (κ3) is 2.42. The number of aromatic amines is 1. The summed E-state index contributed by atoms with van der Waals surface area (Å²) in [5.74, 6) is 1.89. The van der Waals surface area contributed by atoms with Crippen molar-refractivity contribution in [1.82, 2.24) is 15.2 Å². The van der Waals surface area contributed by atoms with E-state index in [0.717, 1.165) is 17.0 Å². The molecule has 0 saturated heterocycles. The normalized spacial score (nSPS) is 27.9. The summed E-state index contributed by atoms with van der Waals surface area (Å²) in [6.07, 6.45) is 7.21. The Morgan fingerprint density at radius 2 is 2.05 bits per heavy atom. The number of hydrogen-bond acceptors (Lipinski definition) is 4. The van der Waals surface area contributed by atoms with Crippen molar-refractivity contribution in [1.29, 1.82) is 0 Å². The van der Waals surface area contributed by atoms with Crippen LogP contribution >= 0.6 is 11.8 Å². The van der Waals surface area contributed by atoms with E-state index in [-0.39, 0.29) is 0 Å². The van der Waals surface area contributed by atoms with Gasteiger partial charge in [-0.05, 0) is 55.4 Å². The molecule has 2 aromatic rings. The predicted octanol–water partition coefficient (Wildman–Crippen LogP) is 3.56. The quantitative estimate of drug-likeness (QED) is 0.902. The van der Waals surface area contributed by atoms with E-state index in [1.165, 1.54) is 42.6 Å². The molecule has 2 N–H and O–H groups in total. The second-order valence-corrected chi connectivity index (χ2v) is 6.90. The fourth-order valence-corrected chi connectivity index (χ4v) is 4.30. The summed E-state index contributed by atoms with van der Waals surface area (Å²) < 4.78 is 0. The molecule has 1 heterocycles. The Kier molecular flexibility index (Phi) is 3.14. The Hall–Kier alpha value is -1.49. The third-order valence-electron chi connectivity index (χ3n) is 4.55. The van der Waals surface area contributed by atoms with Crippen LogP contribution in [0.25, 0.3) is 0 Å². The van der Waals surface area contributed by atoms with Crippen molar-refractivity contribution in [2.75, 3.05) is 5.32 Å². The minimum absolute atomic E-state index is 0.696. The second kappa shape index (κ2) is 5.13. The van der Waals surface area contributed by atoms with Crippen LogP contribution in [0.15, 0.2) is 40.6 Å². The van der Waals surface area contributed by atoms with Gasteiger partial charge in [-0.2, -0.15) is 5.10 Å². The molecular formula is C15H18N4S. The molecule has 0 spiro atoms. The smallest absolute Gasteiger partial charge is 0.188 e. The van der Waals surface area contributed by atoms with Crippen LogP contribution in [-0.4, -0.2) is 21.2 Å². The third-order valence-corrected chi connectivity index (χ3v) is 5.45. The fraction of sp³-hybridized carbons (Fsp3) is 0.467. The summed E-state index contributed by atoms with van der Waals surface area (Å²) in [6, 6.07) is 9.32. The lowest BCUT2D eigenvalue weighted by Crippen LogP contribution is -2.25. The molecule has 2 fully saturated rings. The van der Waals surface area contributed by atoms with Gasteiger partial charge < -0.3 is 5.32 Å². The van der Waals surface area contributed by atoms with E-state index in [4.69, 9.17) is 0 Å². The van der Waals surface area contributed by atoms with Crippen molar-refractivity contribution in [3.63, 3.8) is 0 Å². The lowest BCUT2D eigenvalue weighted by atomic mass is 9.95. The molecule has 4 nitrogen and oxygen atoms in total. The predicted molar refractivity (Wildman–Crippen MR) is 79.8 cm³/mol. The van der Waals surface area contributed by atoms with Crippen molar-refractivity contribution in [2.24, 2.45) is 11.8 Å². The van der Waals surface area contributed by atoms with E-state index in [2.05, 4.69) is 44.8 Å². The van der Waals surface area contributed by atoms with E-state index in [9.17, 15) is 0 Å². The average molecular weight is 286 g/mol. The molecule has 1 aromatic carbocycles. The van der Waals surface area contributed by atoms with Crippen LogP contribution in [0.5, 0.6) is 0 Å². The van der Waals surface area contributed by atoms with Crippen molar-refractivity contribution in [3.05, 3.63) is 30.6 Å². The Morgan fingerprint density at radius 3 is 2.70 bits per heavy atom. The standard InChI is InChI=1S/C15H18N4S/c1-2-11-7-10(1)8-14(11)18-12-3-5-13(6-4-12)20-15-16-9-17-19-15/h3-6,9-11,14,18H,1-2,7-8H2,(H,16,17,19). The molecule has 2 saturated carbocycles. The first-order chi connectivity index (χ1) is 9.87. The fourth-order valence-electron chi connectivity index (χ4n) is 3.61. The summed E-state index contributed by atoms with van der Waals surface area (Å²) in [4.78, 5) is 5.30. The Labute approximate surface area is 122 Å². The maximum absolute atomic E-state index is 4.12. The summed E-state index contributed by atoms with van der Waals surface area (Å²) in [6.45, 7) is 0. The van der Waals surface area contributed by atoms with Gasteiger partial charge in [-0.15, -0.1) is 0 Å². The zero-order valence-corrected chi connectivity index (χ0v) is 12.1. The van der Waals surface area contributed by atoms with Crippen molar-refractivity contribution < 1.29 is 0 Å². The number of benzene rings is 1. The number of H-pyrrole nitrogens is 1. The number of hydrogen-bond donors (Lipinski definition) is 2. The Balaban J connectivity index is 1.40. The molecule has 104 valence electrons. The van der Waals surface area contributed by atoms with Crippen molar-refractivity contribution in [3.8, 4) is 0 Å². The van der Waals surface area contributed by atoms with Gasteiger partial charge in [-0.1, -0.05) is 18.2 Å². The molecule has 5 heteroatoms. The van der Waals surface area contributed by atoms with Gasteiger partial charge in [0.05, 0.1) is 0 Å². The first-order valence-corrected chi connectivity index (χ1v) is 8.08. The molecule has 20 heavy (non-hydrogen) atoms. The van der Waals surface area contributed by atoms with Gasteiger partial charge in [0, 0.05) is 16.6 Å². The minimum atomic E-state index is 0.696. The topological polar surface area (TPSA) is 53.6 Å². The molecule has 1 aromatic heterocycles. The van der Waals surface area contributed by atoms with E-state index >= 15 is 0 Å². The zero-order chi connectivity index (χ0) is 13.4. The lowest BCUT2D eigenvalue weighted by molar-refractivity contribution is 0.440. The highest BCUT2D eigenvalue weighted by molar-refractivity contribution is 7.99. The van der Waals surface area contributed by atoms with Crippen molar-refractivity contribution >= 4 is 17.4 Å². The number of anilines is 1. The Morgan fingerprint density at radius 1 is 1.15 bits per heavy atom. The van der Waals surface area contributed by atoms with Gasteiger partial charge in [0.15, 0.2) is 5.16 Å². The zero-order valence-electron chi connectivity index (χ0n) is 11.2. The highest BCUT2D eigenvalue weighted by Gasteiger charge is 2.39. The van der Waals surface area contributed by atoms with E-state index in [1.807, 2.05) is 0 Å². The van der Waals surface area contributed by atoms with Crippen LogP contribution in [0.2, 0.25) is 0 Å². The maximum atomic E-state index is 4.12. The first-order valence-electron chi connectivity index (χ1n) is 7.26. The van der Waals surface area contributed by atoms with Gasteiger partial charge in [-0.3, -0.25) is 5.10 Å². The molecule has 3 unspecified atom stereocenters. The van der Waals surface area contributed by atoms with Crippen LogP contribution in [0.3, 0.4) is 0 Å². The van der Waals surface area contributed by atoms with E-state index in [1.54, 1.807) is 11.8 Å². The van der Waals surface area contributed by atoms with Crippen molar-refractivity contribution in [2.45, 2.75) is 41.8 Å². The average Bonchev–Trinajstić information content (AvgIpc) is 3.18. The van der Waals surface area contributed by atoms with E-state index in [0.29, 0.717) is 6.04 Å². The molecule has 0 radical (unpaired) electrons. The van der Waals surface area contributed by atoms with Crippen LogP contribution < -0.4 is 5.32 Å². The molecule has 3 atom stereocenters. The van der Waals surface area contributed by atoms with E-state index < -0.39 is 0 Å². The number of aromatic nitrogens is 3. The highest BCUT2D eigenvalue weighted by Crippen LogP contribution is 2.45.